The van der Waals surface area contributed by atoms with Crippen LogP contribution in [-0.2, 0) is 0 Å². The summed E-state index contributed by atoms with van der Waals surface area (Å²) in [5.41, 5.74) is 1.14. The number of hydrogen-bond donors (Lipinski definition) is 0. The SMILES string of the molecule is CN1CCN(N=Cc2c3ccccc3c(Cl)c3ccccc23)CC1.[Cl-]. The molecule has 0 saturated carbocycles. The molecule has 25 heavy (non-hydrogen) atoms. The Morgan fingerprint density at radius 3 is 1.84 bits per heavy atom. The highest BCUT2D eigenvalue weighted by Gasteiger charge is 2.13. The van der Waals surface area contributed by atoms with Crippen LogP contribution in [0.3, 0.4) is 0 Å². The molecule has 3 nitrogen and oxygen atoms in total. The first-order chi connectivity index (χ1) is 11.7. The van der Waals surface area contributed by atoms with Crippen molar-refractivity contribution >= 4 is 39.4 Å². The zero-order chi connectivity index (χ0) is 16.5. The summed E-state index contributed by atoms with van der Waals surface area (Å²) in [5, 5.41) is 12.2. The van der Waals surface area contributed by atoms with E-state index in [1.807, 2.05) is 18.3 Å². The second kappa shape index (κ2) is 7.61. The van der Waals surface area contributed by atoms with Crippen molar-refractivity contribution in [2.75, 3.05) is 33.2 Å². The van der Waals surface area contributed by atoms with Crippen molar-refractivity contribution in [1.29, 1.82) is 0 Å². The molecule has 5 heteroatoms. The van der Waals surface area contributed by atoms with E-state index in [2.05, 4.69) is 53.4 Å². The first-order valence-electron chi connectivity index (χ1n) is 8.30. The highest BCUT2D eigenvalue weighted by molar-refractivity contribution is 6.42. The standard InChI is InChI=1S/C20H20ClN3.ClH/c1-23-10-12-24(13-11-23)22-14-19-15-6-2-4-8-17(15)20(21)18-9-5-3-7-16(18)19;/h2-9,14H,10-13H2,1H3;1H/p-1. The summed E-state index contributed by atoms with van der Waals surface area (Å²) < 4.78 is 0. The van der Waals surface area contributed by atoms with Gasteiger partial charge in [0.2, 0.25) is 0 Å². The predicted molar refractivity (Wildman–Crippen MR) is 103 cm³/mol. The molecule has 3 aromatic rings. The van der Waals surface area contributed by atoms with Gasteiger partial charge in [0.05, 0.1) is 11.2 Å². The lowest BCUT2D eigenvalue weighted by molar-refractivity contribution is -0.00000462. The normalized spacial score (nSPS) is 15.8. The van der Waals surface area contributed by atoms with Gasteiger partial charge in [0.1, 0.15) is 0 Å². The third-order valence-electron chi connectivity index (χ3n) is 4.74. The van der Waals surface area contributed by atoms with Crippen molar-refractivity contribution in [3.63, 3.8) is 0 Å². The summed E-state index contributed by atoms with van der Waals surface area (Å²) in [6, 6.07) is 16.6. The van der Waals surface area contributed by atoms with Gasteiger partial charge in [0.25, 0.3) is 0 Å². The zero-order valence-corrected chi connectivity index (χ0v) is 15.6. The lowest BCUT2D eigenvalue weighted by Gasteiger charge is -2.30. The molecule has 3 aromatic carbocycles. The number of fused-ring (bicyclic) bond motifs is 2. The van der Waals surface area contributed by atoms with E-state index in [0.29, 0.717) is 0 Å². The smallest absolute Gasteiger partial charge is 0.0563 e. The van der Waals surface area contributed by atoms with Gasteiger partial charge >= 0.3 is 0 Å². The van der Waals surface area contributed by atoms with Gasteiger partial charge in [0.15, 0.2) is 0 Å². The Morgan fingerprint density at radius 2 is 1.32 bits per heavy atom. The molecule has 1 saturated heterocycles. The van der Waals surface area contributed by atoms with Crippen molar-refractivity contribution < 1.29 is 12.4 Å². The third kappa shape index (κ3) is 3.45. The topological polar surface area (TPSA) is 18.8 Å². The van der Waals surface area contributed by atoms with E-state index in [-0.39, 0.29) is 12.4 Å². The quantitative estimate of drug-likeness (QED) is 0.497. The minimum absolute atomic E-state index is 0. The Kier molecular flexibility index (Phi) is 5.48. The van der Waals surface area contributed by atoms with Crippen LogP contribution >= 0.6 is 11.6 Å². The molecule has 0 unspecified atom stereocenters. The van der Waals surface area contributed by atoms with Crippen LogP contribution in [0.2, 0.25) is 5.02 Å². The maximum absolute atomic E-state index is 6.65. The van der Waals surface area contributed by atoms with E-state index in [4.69, 9.17) is 16.7 Å². The Labute approximate surface area is 159 Å². The molecule has 1 heterocycles. The van der Waals surface area contributed by atoms with Crippen LogP contribution in [0.4, 0.5) is 0 Å². The summed E-state index contributed by atoms with van der Waals surface area (Å²) in [6.07, 6.45) is 2.01. The summed E-state index contributed by atoms with van der Waals surface area (Å²) in [5.74, 6) is 0. The fourth-order valence-electron chi connectivity index (χ4n) is 3.30. The Balaban J connectivity index is 0.00000182. The average Bonchev–Trinajstić information content (AvgIpc) is 2.63. The molecular formula is C20H20Cl2N3-. The maximum Gasteiger partial charge on any atom is 0.0563 e. The highest BCUT2D eigenvalue weighted by atomic mass is 35.5. The number of piperazine rings is 1. The molecule has 0 aliphatic carbocycles. The summed E-state index contributed by atoms with van der Waals surface area (Å²) in [6.45, 7) is 4.05. The number of rotatable bonds is 2. The van der Waals surface area contributed by atoms with Crippen LogP contribution < -0.4 is 12.4 Å². The van der Waals surface area contributed by atoms with Crippen molar-refractivity contribution in [3.8, 4) is 0 Å². The van der Waals surface area contributed by atoms with Gasteiger partial charge in [0, 0.05) is 42.5 Å². The van der Waals surface area contributed by atoms with Crippen molar-refractivity contribution in [2.24, 2.45) is 5.10 Å². The van der Waals surface area contributed by atoms with Gasteiger partial charge in [-0.25, -0.2) is 0 Å². The third-order valence-corrected chi connectivity index (χ3v) is 5.14. The number of hydrogen-bond acceptors (Lipinski definition) is 3. The van der Waals surface area contributed by atoms with Gasteiger partial charge in [-0.3, -0.25) is 5.01 Å². The molecule has 0 N–H and O–H groups in total. The first-order valence-corrected chi connectivity index (χ1v) is 8.68. The van der Waals surface area contributed by atoms with Crippen LogP contribution in [0.15, 0.2) is 53.6 Å². The van der Waals surface area contributed by atoms with E-state index in [1.165, 1.54) is 0 Å². The molecule has 130 valence electrons. The molecule has 0 atom stereocenters. The van der Waals surface area contributed by atoms with Crippen molar-refractivity contribution in [1.82, 2.24) is 9.91 Å². The average molecular weight is 373 g/mol. The Morgan fingerprint density at radius 1 is 0.840 bits per heavy atom. The zero-order valence-electron chi connectivity index (χ0n) is 14.1. The number of halogens is 2. The highest BCUT2D eigenvalue weighted by Crippen LogP contribution is 2.35. The van der Waals surface area contributed by atoms with Crippen LogP contribution in [0.5, 0.6) is 0 Å². The van der Waals surface area contributed by atoms with E-state index >= 15 is 0 Å². The molecule has 0 spiro atoms. The molecular weight excluding hydrogens is 353 g/mol. The fraction of sp³-hybridized carbons (Fsp3) is 0.250. The number of benzene rings is 3. The van der Waals surface area contributed by atoms with Crippen LogP contribution in [0.25, 0.3) is 21.5 Å². The van der Waals surface area contributed by atoms with Gasteiger partial charge in [-0.2, -0.15) is 5.10 Å². The molecule has 1 fully saturated rings. The molecule has 4 rings (SSSR count). The molecule has 1 aliphatic rings. The minimum atomic E-state index is 0. The van der Waals surface area contributed by atoms with Gasteiger partial charge in [-0.05, 0) is 17.8 Å². The van der Waals surface area contributed by atoms with E-state index < -0.39 is 0 Å². The van der Waals surface area contributed by atoms with E-state index in [1.54, 1.807) is 0 Å². The predicted octanol–water partition coefficient (Wildman–Crippen LogP) is 1.23. The van der Waals surface area contributed by atoms with Gasteiger partial charge in [-0.1, -0.05) is 60.1 Å². The summed E-state index contributed by atoms with van der Waals surface area (Å²) in [7, 11) is 2.15. The summed E-state index contributed by atoms with van der Waals surface area (Å²) >= 11 is 6.65. The number of hydrazone groups is 1. The number of likely N-dealkylation sites (N-methyl/N-ethyl adjacent to an activating group) is 1. The molecule has 0 aromatic heterocycles. The molecule has 0 radical (unpaired) electrons. The van der Waals surface area contributed by atoms with Crippen molar-refractivity contribution in [2.45, 2.75) is 0 Å². The first kappa shape index (κ1) is 18.0. The molecule has 0 bridgehead atoms. The Hall–Kier alpha value is -1.81. The molecule has 0 amide bonds. The number of nitrogens with zero attached hydrogens (tertiary/aromatic N) is 3. The lowest BCUT2D eigenvalue weighted by atomic mass is 9.97. The van der Waals surface area contributed by atoms with E-state index in [9.17, 15) is 0 Å². The van der Waals surface area contributed by atoms with E-state index in [0.717, 1.165) is 58.3 Å². The second-order valence-corrected chi connectivity index (χ2v) is 6.70. The monoisotopic (exact) mass is 372 g/mol. The van der Waals surface area contributed by atoms with Crippen LogP contribution in [-0.4, -0.2) is 49.4 Å². The summed E-state index contributed by atoms with van der Waals surface area (Å²) in [4.78, 5) is 2.33. The van der Waals surface area contributed by atoms with Crippen LogP contribution in [0.1, 0.15) is 5.56 Å². The van der Waals surface area contributed by atoms with Crippen molar-refractivity contribution in [3.05, 3.63) is 59.1 Å². The Bertz CT molecular complexity index is 858. The maximum atomic E-state index is 6.65. The minimum Gasteiger partial charge on any atom is -1.00 e. The fourth-order valence-corrected chi connectivity index (χ4v) is 3.63. The van der Waals surface area contributed by atoms with Gasteiger partial charge < -0.3 is 17.3 Å². The van der Waals surface area contributed by atoms with Gasteiger partial charge in [-0.15, -0.1) is 0 Å². The second-order valence-electron chi connectivity index (χ2n) is 6.32. The lowest BCUT2D eigenvalue weighted by Crippen LogP contribution is -3.00. The molecule has 1 aliphatic heterocycles. The van der Waals surface area contributed by atoms with Crippen LogP contribution in [0, 0.1) is 0 Å². The largest absolute Gasteiger partial charge is 1.00 e.